The summed E-state index contributed by atoms with van der Waals surface area (Å²) in [5, 5.41) is 4.43. The summed E-state index contributed by atoms with van der Waals surface area (Å²) in [4.78, 5) is 14.7. The Kier molecular flexibility index (Phi) is 9.57. The molecule has 0 aliphatic carbocycles. The zero-order valence-corrected chi connectivity index (χ0v) is 23.8. The summed E-state index contributed by atoms with van der Waals surface area (Å²) >= 11 is 1.87. The van der Waals surface area contributed by atoms with Crippen LogP contribution in [0.4, 0.5) is 5.69 Å². The van der Waals surface area contributed by atoms with Gasteiger partial charge in [0, 0.05) is 67.0 Å². The maximum absolute atomic E-state index is 11.1. The van der Waals surface area contributed by atoms with Gasteiger partial charge in [0.25, 0.3) is 0 Å². The lowest BCUT2D eigenvalue weighted by atomic mass is 10.2. The third kappa shape index (κ3) is 7.09. The van der Waals surface area contributed by atoms with Crippen molar-refractivity contribution in [3.05, 3.63) is 53.7 Å². The van der Waals surface area contributed by atoms with Crippen LogP contribution in [0, 0.1) is 13.8 Å². The van der Waals surface area contributed by atoms with Gasteiger partial charge >= 0.3 is 0 Å². The second kappa shape index (κ2) is 12.9. The molecule has 2 aliphatic heterocycles. The first-order valence-electron chi connectivity index (χ1n) is 13.5. The van der Waals surface area contributed by atoms with Crippen molar-refractivity contribution in [1.82, 2.24) is 13.8 Å². The lowest BCUT2D eigenvalue weighted by Crippen LogP contribution is -2.22. The molecule has 2 atom stereocenters. The van der Waals surface area contributed by atoms with Crippen LogP contribution in [0.5, 0.6) is 5.75 Å². The molecule has 2 fully saturated rings. The van der Waals surface area contributed by atoms with Crippen LogP contribution < -0.4 is 10.1 Å². The van der Waals surface area contributed by atoms with Crippen molar-refractivity contribution >= 4 is 34.8 Å². The second-order valence-electron chi connectivity index (χ2n) is 10.4. The van der Waals surface area contributed by atoms with Gasteiger partial charge in [-0.1, -0.05) is 12.5 Å². The number of likely N-dealkylation sites (N-methyl/N-ethyl adjacent to an activating group) is 1. The number of carbonyl (C=O) groups is 1. The Hall–Kier alpha value is -2.48. The number of piperidine rings is 1. The van der Waals surface area contributed by atoms with Crippen molar-refractivity contribution in [2.45, 2.75) is 63.5 Å². The Bertz CT molecular complexity index is 1190. The zero-order chi connectivity index (χ0) is 26.4. The van der Waals surface area contributed by atoms with Crippen LogP contribution in [0.15, 0.2) is 47.5 Å². The summed E-state index contributed by atoms with van der Waals surface area (Å²) in [6.07, 6.45) is 8.52. The largest absolute Gasteiger partial charge is 0.489 e. The third-order valence-corrected chi connectivity index (χ3v) is 8.41. The van der Waals surface area contributed by atoms with E-state index >= 15 is 0 Å². The highest BCUT2D eigenvalue weighted by Gasteiger charge is 2.21. The number of hydrogen-bond acceptors (Lipinski definition) is 6. The molecule has 0 radical (unpaired) electrons. The predicted octanol–water partition coefficient (Wildman–Crippen LogP) is 6.32. The number of benzene rings is 2. The number of hydrogen-bond donors (Lipinski definition) is 1. The molecule has 6 nitrogen and oxygen atoms in total. The number of nitrogens with one attached hydrogen (secondary N) is 1. The minimum Gasteiger partial charge on any atom is -0.489 e. The number of fused-ring (bicyclic) bond motifs is 1. The predicted molar refractivity (Wildman–Crippen MR) is 156 cm³/mol. The maximum Gasteiger partial charge on any atom is 0.142 e. The molecule has 0 spiro atoms. The van der Waals surface area contributed by atoms with E-state index in [-0.39, 0.29) is 6.04 Å². The molecular weight excluding hydrogens is 480 g/mol. The van der Waals surface area contributed by atoms with Crippen molar-refractivity contribution in [3.63, 3.8) is 0 Å². The minimum atomic E-state index is -0.109. The van der Waals surface area contributed by atoms with Crippen molar-refractivity contribution < 1.29 is 9.53 Å². The van der Waals surface area contributed by atoms with E-state index in [9.17, 15) is 4.79 Å². The highest BCUT2D eigenvalue weighted by atomic mass is 32.2. The van der Waals surface area contributed by atoms with Gasteiger partial charge in [-0.2, -0.15) is 0 Å². The average Bonchev–Trinajstić information content (AvgIpc) is 3.47. The number of aromatic nitrogens is 1. The minimum absolute atomic E-state index is 0.109. The lowest BCUT2D eigenvalue weighted by molar-refractivity contribution is -0.110. The van der Waals surface area contributed by atoms with Gasteiger partial charge < -0.3 is 24.3 Å². The van der Waals surface area contributed by atoms with Gasteiger partial charge in [-0.25, -0.2) is 4.31 Å². The van der Waals surface area contributed by atoms with E-state index in [1.807, 2.05) is 25.9 Å². The molecule has 7 heteroatoms. The first-order chi connectivity index (χ1) is 17.9. The van der Waals surface area contributed by atoms with Gasteiger partial charge in [-0.3, -0.25) is 0 Å². The summed E-state index contributed by atoms with van der Waals surface area (Å²) in [5.74, 6) is 0.968. The Morgan fingerprint density at radius 3 is 2.51 bits per heavy atom. The van der Waals surface area contributed by atoms with Crippen molar-refractivity contribution in [2.24, 2.45) is 0 Å². The number of aldehydes is 1. The van der Waals surface area contributed by atoms with Crippen LogP contribution in [0.3, 0.4) is 0 Å². The summed E-state index contributed by atoms with van der Waals surface area (Å²) in [6.45, 7) is 10.7. The molecule has 0 saturated carbocycles. The van der Waals surface area contributed by atoms with E-state index in [2.05, 4.69) is 82.6 Å². The number of ether oxygens (including phenoxy) is 1. The Labute approximate surface area is 226 Å². The van der Waals surface area contributed by atoms with Crippen LogP contribution in [0.25, 0.3) is 10.9 Å². The van der Waals surface area contributed by atoms with Gasteiger partial charge in [-0.15, -0.1) is 0 Å². The van der Waals surface area contributed by atoms with Crippen molar-refractivity contribution in [3.8, 4) is 5.75 Å². The number of nitrogens with zero attached hydrogens (tertiary/aromatic N) is 3. The Morgan fingerprint density at radius 2 is 1.84 bits per heavy atom. The fourth-order valence-corrected chi connectivity index (χ4v) is 6.13. The van der Waals surface area contributed by atoms with Gasteiger partial charge in [0.05, 0.1) is 6.04 Å². The summed E-state index contributed by atoms with van der Waals surface area (Å²) in [6, 6.07) is 12.7. The molecule has 200 valence electrons. The van der Waals surface area contributed by atoms with Crippen LogP contribution in [0.2, 0.25) is 0 Å². The smallest absolute Gasteiger partial charge is 0.142 e. The number of aryl methyl sites for hydroxylation is 2. The molecule has 3 aromatic rings. The topological polar surface area (TPSA) is 49.7 Å². The zero-order valence-electron chi connectivity index (χ0n) is 23.0. The lowest BCUT2D eigenvalue weighted by Gasteiger charge is -2.25. The van der Waals surface area contributed by atoms with E-state index in [1.165, 1.54) is 53.8 Å². The van der Waals surface area contributed by atoms with Crippen molar-refractivity contribution in [1.29, 1.82) is 0 Å². The summed E-state index contributed by atoms with van der Waals surface area (Å²) in [7, 11) is 4.08. The van der Waals surface area contributed by atoms with E-state index < -0.39 is 0 Å². The number of rotatable bonds is 7. The van der Waals surface area contributed by atoms with Crippen LogP contribution >= 0.6 is 11.9 Å². The number of carbonyl (C=O) groups excluding carboxylic acids is 1. The van der Waals surface area contributed by atoms with Gasteiger partial charge in [-0.05, 0) is 94.4 Å². The van der Waals surface area contributed by atoms with E-state index in [1.54, 1.807) is 0 Å². The molecule has 2 aliphatic rings. The van der Waals surface area contributed by atoms with Crippen LogP contribution in [0.1, 0.15) is 49.8 Å². The summed E-state index contributed by atoms with van der Waals surface area (Å²) < 4.78 is 10.5. The third-order valence-electron chi connectivity index (χ3n) is 7.32. The molecule has 3 heterocycles. The quantitative estimate of drug-likeness (QED) is 0.289. The number of likely N-dealkylation sites (tertiary alicyclic amines) is 1. The fraction of sp³-hybridized carbons (Fsp3) is 0.500. The second-order valence-corrected chi connectivity index (χ2v) is 11.5. The first kappa shape index (κ1) is 27.6. The molecule has 2 saturated heterocycles. The molecule has 5 rings (SSSR count). The van der Waals surface area contributed by atoms with E-state index in [0.717, 1.165) is 42.8 Å². The van der Waals surface area contributed by atoms with E-state index in [4.69, 9.17) is 4.74 Å². The Morgan fingerprint density at radius 1 is 1.05 bits per heavy atom. The van der Waals surface area contributed by atoms with Crippen LogP contribution in [-0.4, -0.2) is 66.4 Å². The average molecular weight is 523 g/mol. The molecule has 0 bridgehead atoms. The fourth-order valence-electron chi connectivity index (χ4n) is 5.10. The molecule has 1 aromatic heterocycles. The maximum atomic E-state index is 11.1. The standard InChI is InChI=1S/C17H22N2OS.C13H20N2O/c1-13-11-19(14(2)12-20)17-7-6-15(10-16(13)17)21-18-8-4-3-5-9-18;1-10-4-5-11(8-13(10)14-2)16-12-6-7-15(3)9-12/h6-7,10-12,14H,3-5,8-9H2,1-2H3;4-5,8,12,14H,6-7,9H2,1-3H3. The molecular formula is C30H42N4O2S. The highest BCUT2D eigenvalue weighted by molar-refractivity contribution is 7.97. The van der Waals surface area contributed by atoms with Crippen LogP contribution in [-0.2, 0) is 4.79 Å². The normalized spacial score (nSPS) is 19.3. The first-order valence-corrected chi connectivity index (χ1v) is 14.3. The molecule has 37 heavy (non-hydrogen) atoms. The number of anilines is 1. The molecule has 2 unspecified atom stereocenters. The molecule has 2 aromatic carbocycles. The van der Waals surface area contributed by atoms with Gasteiger partial charge in [0.1, 0.15) is 18.1 Å². The summed E-state index contributed by atoms with van der Waals surface area (Å²) in [5.41, 5.74) is 4.78. The van der Waals surface area contributed by atoms with Gasteiger partial charge in [0.2, 0.25) is 0 Å². The van der Waals surface area contributed by atoms with Crippen molar-refractivity contribution in [2.75, 3.05) is 45.6 Å². The SMILES string of the molecule is CNc1cc(OC2CCN(C)C2)ccc1C.Cc1cn(C(C)C=O)c2ccc(SN3CCCCC3)cc12. The Balaban J connectivity index is 0.000000180. The molecule has 1 N–H and O–H groups in total. The van der Waals surface area contributed by atoms with Gasteiger partial charge in [0.15, 0.2) is 0 Å². The van der Waals surface area contributed by atoms with E-state index in [0.29, 0.717) is 6.10 Å². The highest BCUT2D eigenvalue weighted by Crippen LogP contribution is 2.31. The monoisotopic (exact) mass is 522 g/mol. The molecule has 0 amide bonds.